The summed E-state index contributed by atoms with van der Waals surface area (Å²) in [5, 5.41) is 20.0. The Morgan fingerprint density at radius 2 is 1.80 bits per heavy atom. The van der Waals surface area contributed by atoms with Crippen molar-refractivity contribution in [2.75, 3.05) is 0 Å². The number of rotatable bonds is 3. The van der Waals surface area contributed by atoms with E-state index in [1.54, 1.807) is 11.1 Å². The largest absolute Gasteiger partial charge is 0.393 e. The summed E-state index contributed by atoms with van der Waals surface area (Å²) in [6.45, 7) is 9.11. The quantitative estimate of drug-likeness (QED) is 0.437. The van der Waals surface area contributed by atoms with Crippen LogP contribution in [0.3, 0.4) is 0 Å². The van der Waals surface area contributed by atoms with Gasteiger partial charge in [0.15, 0.2) is 0 Å². The van der Waals surface area contributed by atoms with Crippen molar-refractivity contribution in [2.24, 2.45) is 22.2 Å². The summed E-state index contributed by atoms with van der Waals surface area (Å²) >= 11 is 0. The van der Waals surface area contributed by atoms with Crippen LogP contribution in [0.15, 0.2) is 34.9 Å². The Kier molecular flexibility index (Phi) is 5.84. The molecule has 0 saturated heterocycles. The standard InChI is InChI=1S/C28H40O2/c1-26(2,3)12-6-14-28(15-16-28)25-11-10-24-21(7-5-13-27(24,25)4)9-8-20-17-22(29)19-23(30)18-20/h8-9,11,22-24,29-30H,5,7,10,13-19H2,1-4H3/b20-8?,21-9+/t22-,23?,24?,27+/m1/s1. The predicted octanol–water partition coefficient (Wildman–Crippen LogP) is 6.10. The lowest BCUT2D eigenvalue weighted by molar-refractivity contribution is 0.0609. The van der Waals surface area contributed by atoms with Gasteiger partial charge in [0, 0.05) is 17.3 Å². The van der Waals surface area contributed by atoms with Crippen LogP contribution in [-0.2, 0) is 0 Å². The second kappa shape index (κ2) is 7.99. The van der Waals surface area contributed by atoms with Gasteiger partial charge in [-0.05, 0) is 89.9 Å². The average molecular weight is 409 g/mol. The maximum Gasteiger partial charge on any atom is 0.0602 e. The highest BCUT2D eigenvalue weighted by Gasteiger charge is 2.56. The second-order valence-corrected chi connectivity index (χ2v) is 11.7. The Bertz CT molecular complexity index is 809. The lowest BCUT2D eigenvalue weighted by atomic mass is 9.61. The van der Waals surface area contributed by atoms with Gasteiger partial charge in [0.25, 0.3) is 0 Å². The topological polar surface area (TPSA) is 40.5 Å². The van der Waals surface area contributed by atoms with Gasteiger partial charge in [-0.3, -0.25) is 0 Å². The van der Waals surface area contributed by atoms with E-state index in [1.165, 1.54) is 44.1 Å². The van der Waals surface area contributed by atoms with Gasteiger partial charge in [-0.1, -0.05) is 47.8 Å². The maximum atomic E-state index is 9.99. The molecule has 4 rings (SSSR count). The van der Waals surface area contributed by atoms with Gasteiger partial charge < -0.3 is 10.2 Å². The van der Waals surface area contributed by atoms with Crippen LogP contribution < -0.4 is 0 Å². The van der Waals surface area contributed by atoms with Crippen LogP contribution in [0.2, 0.25) is 0 Å². The molecule has 4 aliphatic carbocycles. The van der Waals surface area contributed by atoms with Crippen molar-refractivity contribution in [1.82, 2.24) is 0 Å². The number of aliphatic hydroxyl groups excluding tert-OH is 2. The van der Waals surface area contributed by atoms with E-state index in [0.717, 1.165) is 6.42 Å². The zero-order valence-electron chi connectivity index (χ0n) is 19.4. The lowest BCUT2D eigenvalue weighted by Crippen LogP contribution is -2.33. The fourth-order valence-electron chi connectivity index (χ4n) is 6.34. The molecule has 0 bridgehead atoms. The van der Waals surface area contributed by atoms with Gasteiger partial charge in [-0.2, -0.15) is 0 Å². The Balaban J connectivity index is 1.51. The Morgan fingerprint density at radius 3 is 2.43 bits per heavy atom. The Hall–Kier alpha value is -1.30. The van der Waals surface area contributed by atoms with Crippen LogP contribution in [0, 0.1) is 34.0 Å². The average Bonchev–Trinajstić information content (AvgIpc) is 3.31. The highest BCUT2D eigenvalue weighted by atomic mass is 16.3. The molecule has 3 saturated carbocycles. The third-order valence-electron chi connectivity index (χ3n) is 7.94. The molecule has 164 valence electrons. The zero-order chi connectivity index (χ0) is 21.6. The molecule has 2 nitrogen and oxygen atoms in total. The molecule has 0 radical (unpaired) electrons. The molecule has 0 amide bonds. The minimum absolute atomic E-state index is 0.0844. The van der Waals surface area contributed by atoms with Gasteiger partial charge >= 0.3 is 0 Å². The first-order valence-electron chi connectivity index (χ1n) is 12.1. The normalized spacial score (nSPS) is 38.1. The summed E-state index contributed by atoms with van der Waals surface area (Å²) in [6, 6.07) is 0. The minimum Gasteiger partial charge on any atom is -0.393 e. The van der Waals surface area contributed by atoms with Crippen molar-refractivity contribution in [1.29, 1.82) is 0 Å². The van der Waals surface area contributed by atoms with Crippen LogP contribution in [0.5, 0.6) is 0 Å². The maximum absolute atomic E-state index is 9.99. The first-order chi connectivity index (χ1) is 14.1. The number of aliphatic hydroxyl groups is 2. The summed E-state index contributed by atoms with van der Waals surface area (Å²) in [5.74, 6) is 7.62. The number of hydrogen-bond donors (Lipinski definition) is 2. The molecular formula is C28H40O2. The Labute approximate surface area is 183 Å². The summed E-state index contributed by atoms with van der Waals surface area (Å²) in [4.78, 5) is 0. The molecular weight excluding hydrogens is 368 g/mol. The second-order valence-electron chi connectivity index (χ2n) is 11.7. The van der Waals surface area contributed by atoms with Crippen molar-refractivity contribution in [3.8, 4) is 11.8 Å². The lowest BCUT2D eigenvalue weighted by Gasteiger charge is -2.43. The summed E-state index contributed by atoms with van der Waals surface area (Å²) < 4.78 is 0. The highest BCUT2D eigenvalue weighted by molar-refractivity contribution is 5.40. The molecule has 2 unspecified atom stereocenters. The van der Waals surface area contributed by atoms with Gasteiger partial charge in [-0.15, -0.1) is 5.92 Å². The summed E-state index contributed by atoms with van der Waals surface area (Å²) in [6.07, 6.45) is 16.8. The first kappa shape index (κ1) is 21.9. The molecule has 4 aliphatic rings. The van der Waals surface area contributed by atoms with E-state index in [4.69, 9.17) is 0 Å². The van der Waals surface area contributed by atoms with Gasteiger partial charge in [-0.25, -0.2) is 0 Å². The first-order valence-corrected chi connectivity index (χ1v) is 12.1. The highest BCUT2D eigenvalue weighted by Crippen LogP contribution is 2.67. The van der Waals surface area contributed by atoms with Crippen molar-refractivity contribution in [2.45, 2.75) is 104 Å². The van der Waals surface area contributed by atoms with E-state index < -0.39 is 12.2 Å². The van der Waals surface area contributed by atoms with Gasteiger partial charge in [0.1, 0.15) is 0 Å². The van der Waals surface area contributed by atoms with Crippen molar-refractivity contribution in [3.05, 3.63) is 34.9 Å². The molecule has 30 heavy (non-hydrogen) atoms. The van der Waals surface area contributed by atoms with Gasteiger partial charge in [0.05, 0.1) is 12.2 Å². The molecule has 0 spiro atoms. The van der Waals surface area contributed by atoms with E-state index in [1.807, 2.05) is 0 Å². The molecule has 0 heterocycles. The number of hydrogen-bond acceptors (Lipinski definition) is 2. The third-order valence-corrected chi connectivity index (χ3v) is 7.94. The molecule has 2 heteroatoms. The van der Waals surface area contributed by atoms with Crippen LogP contribution in [-0.4, -0.2) is 22.4 Å². The summed E-state index contributed by atoms with van der Waals surface area (Å²) in [5.41, 5.74) is 5.21. The van der Waals surface area contributed by atoms with E-state index in [2.05, 4.69) is 57.8 Å². The monoisotopic (exact) mass is 408 g/mol. The van der Waals surface area contributed by atoms with Crippen LogP contribution >= 0.6 is 0 Å². The minimum atomic E-state index is -0.390. The zero-order valence-corrected chi connectivity index (χ0v) is 19.4. The van der Waals surface area contributed by atoms with Gasteiger partial charge in [0.2, 0.25) is 0 Å². The summed E-state index contributed by atoms with van der Waals surface area (Å²) in [7, 11) is 0. The van der Waals surface area contributed by atoms with E-state index in [-0.39, 0.29) is 10.8 Å². The molecule has 0 aliphatic heterocycles. The molecule has 2 N–H and O–H groups in total. The SMILES string of the molecule is CC(C)(C)C#CCC1(C2=CCC3/C(=C/C=C4CC(O)C[C@H](O)C4)CCC[C@]23C)CC1. The third kappa shape index (κ3) is 4.49. The predicted molar refractivity (Wildman–Crippen MR) is 124 cm³/mol. The fraction of sp³-hybridized carbons (Fsp3) is 0.714. The van der Waals surface area contributed by atoms with Crippen molar-refractivity contribution in [3.63, 3.8) is 0 Å². The molecule has 0 aromatic rings. The molecule has 0 aromatic carbocycles. The Morgan fingerprint density at radius 1 is 1.10 bits per heavy atom. The van der Waals surface area contributed by atoms with Crippen molar-refractivity contribution < 1.29 is 10.2 Å². The van der Waals surface area contributed by atoms with Crippen LogP contribution in [0.4, 0.5) is 0 Å². The van der Waals surface area contributed by atoms with Crippen molar-refractivity contribution >= 4 is 0 Å². The molecule has 4 atom stereocenters. The number of fused-ring (bicyclic) bond motifs is 1. The van der Waals surface area contributed by atoms with Crippen LogP contribution in [0.1, 0.15) is 91.9 Å². The van der Waals surface area contributed by atoms with E-state index in [9.17, 15) is 10.2 Å². The van der Waals surface area contributed by atoms with E-state index in [0.29, 0.717) is 30.6 Å². The fourth-order valence-corrected chi connectivity index (χ4v) is 6.34. The smallest absolute Gasteiger partial charge is 0.0602 e. The van der Waals surface area contributed by atoms with E-state index >= 15 is 0 Å². The van der Waals surface area contributed by atoms with Crippen LogP contribution in [0.25, 0.3) is 0 Å². The molecule has 3 fully saturated rings. The number of allylic oxidation sites excluding steroid dienone is 5. The molecule has 0 aromatic heterocycles.